The van der Waals surface area contributed by atoms with Crippen LogP contribution in [-0.4, -0.2) is 30.5 Å². The highest BCUT2D eigenvalue weighted by molar-refractivity contribution is 7.90. The molecule has 29 heavy (non-hydrogen) atoms. The Bertz CT molecular complexity index is 1380. The van der Waals surface area contributed by atoms with Crippen LogP contribution in [0.5, 0.6) is 0 Å². The molecular weight excluding hydrogens is 406 g/mol. The summed E-state index contributed by atoms with van der Waals surface area (Å²) in [4.78, 5) is 4.53. The van der Waals surface area contributed by atoms with Crippen molar-refractivity contribution < 1.29 is 8.42 Å². The number of hydrogen-bond acceptors (Lipinski definition) is 4. The lowest BCUT2D eigenvalue weighted by Gasteiger charge is -2.13. The molecular formula is C22H18ClN3O2S. The average Bonchev–Trinajstić information content (AvgIpc) is 3.13. The number of aromatic nitrogens is 2. The van der Waals surface area contributed by atoms with Crippen molar-refractivity contribution in [1.82, 2.24) is 14.3 Å². The lowest BCUT2D eigenvalue weighted by atomic mass is 10.00. The van der Waals surface area contributed by atoms with E-state index in [1.54, 1.807) is 48.8 Å². The number of rotatable bonds is 3. The highest BCUT2D eigenvalue weighted by Gasteiger charge is 2.24. The molecule has 0 saturated carbocycles. The van der Waals surface area contributed by atoms with E-state index < -0.39 is 10.0 Å². The van der Waals surface area contributed by atoms with Crippen molar-refractivity contribution in [2.24, 2.45) is 0 Å². The van der Waals surface area contributed by atoms with Gasteiger partial charge in [-0.2, -0.15) is 0 Å². The molecule has 146 valence electrons. The lowest BCUT2D eigenvalue weighted by molar-refractivity contribution is 0.590. The molecule has 0 amide bonds. The maximum absolute atomic E-state index is 13.7. The Balaban J connectivity index is 1.79. The zero-order valence-corrected chi connectivity index (χ0v) is 17.0. The van der Waals surface area contributed by atoms with E-state index in [0.29, 0.717) is 21.4 Å². The SMILES string of the molecule is O=S(=O)(c1cccc2ncccc12)n1cc(C2=CCNCC2)c2cc(Cl)ccc21. The summed E-state index contributed by atoms with van der Waals surface area (Å²) in [6, 6.07) is 14.0. The number of nitrogens with one attached hydrogen (secondary N) is 1. The summed E-state index contributed by atoms with van der Waals surface area (Å²) in [5.74, 6) is 0. The maximum Gasteiger partial charge on any atom is 0.268 e. The Hall–Kier alpha value is -2.67. The molecule has 0 aliphatic carbocycles. The molecule has 1 aliphatic rings. The summed E-state index contributed by atoms with van der Waals surface area (Å²) >= 11 is 6.25. The van der Waals surface area contributed by atoms with Gasteiger partial charge in [0.25, 0.3) is 10.0 Å². The first-order valence-electron chi connectivity index (χ1n) is 9.36. The molecule has 0 atom stereocenters. The van der Waals surface area contributed by atoms with Crippen LogP contribution in [0.25, 0.3) is 27.4 Å². The van der Waals surface area contributed by atoms with Gasteiger partial charge in [0.15, 0.2) is 0 Å². The first-order valence-corrected chi connectivity index (χ1v) is 11.2. The van der Waals surface area contributed by atoms with E-state index in [0.717, 1.165) is 36.0 Å². The lowest BCUT2D eigenvalue weighted by Crippen LogP contribution is -2.20. The van der Waals surface area contributed by atoms with Crippen LogP contribution in [0.2, 0.25) is 5.02 Å². The van der Waals surface area contributed by atoms with E-state index in [-0.39, 0.29) is 4.90 Å². The van der Waals surface area contributed by atoms with Crippen LogP contribution in [0.15, 0.2) is 71.9 Å². The van der Waals surface area contributed by atoms with E-state index in [1.807, 2.05) is 12.1 Å². The fourth-order valence-corrected chi connectivity index (χ4v) is 5.65. The molecule has 2 aromatic heterocycles. The van der Waals surface area contributed by atoms with Gasteiger partial charge >= 0.3 is 0 Å². The van der Waals surface area contributed by atoms with E-state index in [1.165, 1.54) is 3.97 Å². The van der Waals surface area contributed by atoms with Crippen molar-refractivity contribution in [3.63, 3.8) is 0 Å². The molecule has 4 aromatic rings. The zero-order valence-electron chi connectivity index (χ0n) is 15.5. The molecule has 0 bridgehead atoms. The van der Waals surface area contributed by atoms with Gasteiger partial charge in [0.2, 0.25) is 0 Å². The minimum Gasteiger partial charge on any atom is -0.313 e. The summed E-state index contributed by atoms with van der Waals surface area (Å²) in [6.45, 7) is 1.63. The van der Waals surface area contributed by atoms with Crippen molar-refractivity contribution in [3.8, 4) is 0 Å². The summed E-state index contributed by atoms with van der Waals surface area (Å²) in [5.41, 5.74) is 3.30. The molecule has 5 rings (SSSR count). The van der Waals surface area contributed by atoms with Gasteiger partial charge in [-0.05, 0) is 61.0 Å². The van der Waals surface area contributed by atoms with Gasteiger partial charge in [-0.3, -0.25) is 4.98 Å². The third-order valence-corrected chi connectivity index (χ3v) is 7.25. The van der Waals surface area contributed by atoms with Gasteiger partial charge < -0.3 is 5.32 Å². The molecule has 0 unspecified atom stereocenters. The van der Waals surface area contributed by atoms with Crippen LogP contribution >= 0.6 is 11.6 Å². The smallest absolute Gasteiger partial charge is 0.268 e. The normalized spacial score (nSPS) is 15.0. The van der Waals surface area contributed by atoms with Crippen LogP contribution in [-0.2, 0) is 10.0 Å². The summed E-state index contributed by atoms with van der Waals surface area (Å²) in [7, 11) is -3.83. The first-order chi connectivity index (χ1) is 14.1. The standard InChI is InChI=1S/C22H18ClN3O2S/c23-16-6-7-21-18(13-16)19(15-8-11-24-12-9-15)14-26(21)29(27,28)22-5-1-4-20-17(22)3-2-10-25-20/h1-8,10,13-14,24H,9,11-12H2. The fraction of sp³-hybridized carbons (Fsp3) is 0.136. The zero-order chi connectivity index (χ0) is 20.0. The molecule has 5 nitrogen and oxygen atoms in total. The second-order valence-corrected chi connectivity index (χ2v) is 9.23. The molecule has 0 spiro atoms. The number of pyridine rings is 1. The molecule has 0 radical (unpaired) electrons. The first kappa shape index (κ1) is 18.4. The summed E-state index contributed by atoms with van der Waals surface area (Å²) in [6.07, 6.45) is 6.33. The second-order valence-electron chi connectivity index (χ2n) is 7.01. The maximum atomic E-state index is 13.7. The largest absolute Gasteiger partial charge is 0.313 e. The molecule has 0 fully saturated rings. The van der Waals surface area contributed by atoms with Crippen LogP contribution in [0.1, 0.15) is 12.0 Å². The quantitative estimate of drug-likeness (QED) is 0.528. The van der Waals surface area contributed by atoms with Crippen LogP contribution < -0.4 is 5.32 Å². The summed E-state index contributed by atoms with van der Waals surface area (Å²) in [5, 5.41) is 5.32. The van der Waals surface area contributed by atoms with Crippen LogP contribution in [0.4, 0.5) is 0 Å². The third kappa shape index (κ3) is 3.04. The van der Waals surface area contributed by atoms with Crippen molar-refractivity contribution >= 4 is 49.0 Å². The monoisotopic (exact) mass is 423 g/mol. The molecule has 7 heteroatoms. The van der Waals surface area contributed by atoms with Crippen LogP contribution in [0.3, 0.4) is 0 Å². The van der Waals surface area contributed by atoms with E-state index >= 15 is 0 Å². The van der Waals surface area contributed by atoms with Crippen molar-refractivity contribution in [2.45, 2.75) is 11.3 Å². The van der Waals surface area contributed by atoms with Crippen molar-refractivity contribution in [3.05, 3.63) is 77.6 Å². The highest BCUT2D eigenvalue weighted by Crippen LogP contribution is 2.35. The Morgan fingerprint density at radius 3 is 2.79 bits per heavy atom. The average molecular weight is 424 g/mol. The Morgan fingerprint density at radius 1 is 1.07 bits per heavy atom. The Morgan fingerprint density at radius 2 is 1.97 bits per heavy atom. The number of fused-ring (bicyclic) bond motifs is 2. The van der Waals surface area contributed by atoms with E-state index in [2.05, 4.69) is 16.4 Å². The van der Waals surface area contributed by atoms with E-state index in [9.17, 15) is 8.42 Å². The second kappa shape index (κ2) is 6.99. The van der Waals surface area contributed by atoms with Gasteiger partial charge in [-0.1, -0.05) is 23.7 Å². The van der Waals surface area contributed by atoms with Crippen LogP contribution in [0, 0.1) is 0 Å². The predicted molar refractivity (Wildman–Crippen MR) is 117 cm³/mol. The van der Waals surface area contributed by atoms with Gasteiger partial charge in [0.1, 0.15) is 0 Å². The molecule has 3 heterocycles. The number of benzene rings is 2. The fourth-order valence-electron chi connectivity index (χ4n) is 3.90. The van der Waals surface area contributed by atoms with Crippen molar-refractivity contribution in [1.29, 1.82) is 0 Å². The molecule has 0 saturated heterocycles. The number of hydrogen-bond donors (Lipinski definition) is 1. The predicted octanol–water partition coefficient (Wildman–Crippen LogP) is 4.46. The summed E-state index contributed by atoms with van der Waals surface area (Å²) < 4.78 is 28.8. The Kier molecular flexibility index (Phi) is 4.42. The van der Waals surface area contributed by atoms with Gasteiger partial charge in [-0.25, -0.2) is 12.4 Å². The Labute approximate surface area is 173 Å². The van der Waals surface area contributed by atoms with Gasteiger partial charge in [-0.15, -0.1) is 0 Å². The highest BCUT2D eigenvalue weighted by atomic mass is 35.5. The minimum absolute atomic E-state index is 0.237. The third-order valence-electron chi connectivity index (χ3n) is 5.28. The number of nitrogens with zero attached hydrogens (tertiary/aromatic N) is 2. The van der Waals surface area contributed by atoms with Gasteiger partial charge in [0.05, 0.1) is 15.9 Å². The van der Waals surface area contributed by atoms with Crippen molar-refractivity contribution in [2.75, 3.05) is 13.1 Å². The van der Waals surface area contributed by atoms with Gasteiger partial charge in [0, 0.05) is 40.3 Å². The molecule has 2 aromatic carbocycles. The minimum atomic E-state index is -3.83. The van der Waals surface area contributed by atoms with E-state index in [4.69, 9.17) is 11.6 Å². The topological polar surface area (TPSA) is 64.0 Å². The molecule has 1 aliphatic heterocycles. The number of halogens is 1. The molecule has 1 N–H and O–H groups in total.